The van der Waals surface area contributed by atoms with E-state index >= 15 is 0 Å². The predicted molar refractivity (Wildman–Crippen MR) is 34.2 cm³/mol. The first kappa shape index (κ1) is 22.4. The summed E-state index contributed by atoms with van der Waals surface area (Å²) in [6.45, 7) is 0. The van der Waals surface area contributed by atoms with E-state index < -0.39 is 11.9 Å². The SMILES string of the molecule is O.O.O=C(O)C(=O)O.[Cl][Ni][Cl]. The van der Waals surface area contributed by atoms with Crippen LogP contribution in [0.4, 0.5) is 0 Å². The summed E-state index contributed by atoms with van der Waals surface area (Å²) in [6.07, 6.45) is 0. The van der Waals surface area contributed by atoms with E-state index in [1.54, 1.807) is 0 Å². The third kappa shape index (κ3) is 40.4. The summed E-state index contributed by atoms with van der Waals surface area (Å²) in [6, 6.07) is 0. The van der Waals surface area contributed by atoms with Crippen LogP contribution in [0.15, 0.2) is 0 Å². The molecule has 74 valence electrons. The Labute approximate surface area is 76.1 Å². The Morgan fingerprint density at radius 3 is 1.09 bits per heavy atom. The van der Waals surface area contributed by atoms with Crippen molar-refractivity contribution in [2.45, 2.75) is 0 Å². The molecule has 0 atom stereocenters. The van der Waals surface area contributed by atoms with E-state index in [4.69, 9.17) is 40.2 Å². The average Bonchev–Trinajstić information content (AvgIpc) is 1.68. The summed E-state index contributed by atoms with van der Waals surface area (Å²) in [5.74, 6) is -3.65. The molecule has 0 aromatic carbocycles. The fourth-order valence-corrected chi connectivity index (χ4v) is 0. The van der Waals surface area contributed by atoms with Gasteiger partial charge in [-0.15, -0.1) is 0 Å². The Kier molecular flexibility index (Phi) is 33.6. The minimum absolute atomic E-state index is 0. The van der Waals surface area contributed by atoms with Gasteiger partial charge in [0.2, 0.25) is 0 Å². The van der Waals surface area contributed by atoms with Gasteiger partial charge in [-0.1, -0.05) is 0 Å². The quantitative estimate of drug-likeness (QED) is 0.418. The molecule has 0 fully saturated rings. The summed E-state index contributed by atoms with van der Waals surface area (Å²) in [5.41, 5.74) is 0. The number of halogens is 2. The number of carboxylic acids is 2. The molecule has 0 saturated heterocycles. The normalized spacial score (nSPS) is 6.00. The molecule has 0 aliphatic heterocycles. The van der Waals surface area contributed by atoms with Crippen LogP contribution in [-0.2, 0) is 22.2 Å². The van der Waals surface area contributed by atoms with Crippen molar-refractivity contribution < 1.29 is 43.4 Å². The van der Waals surface area contributed by atoms with E-state index in [9.17, 15) is 0 Å². The van der Waals surface area contributed by atoms with E-state index in [1.165, 1.54) is 0 Å². The molecular formula is C2H6Cl2NiO6. The number of hydrogen-bond donors (Lipinski definition) is 2. The molecule has 0 amide bonds. The minimum atomic E-state index is -1.82. The van der Waals surface area contributed by atoms with E-state index in [1.807, 2.05) is 0 Å². The molecule has 0 bridgehead atoms. The number of rotatable bonds is 0. The van der Waals surface area contributed by atoms with Crippen molar-refractivity contribution in [1.29, 1.82) is 0 Å². The van der Waals surface area contributed by atoms with Gasteiger partial charge in [-0.2, -0.15) is 0 Å². The molecule has 0 unspecified atom stereocenters. The van der Waals surface area contributed by atoms with Crippen LogP contribution in [0.3, 0.4) is 0 Å². The summed E-state index contributed by atoms with van der Waals surface area (Å²) in [4.78, 5) is 18.2. The molecular weight excluding hydrogens is 250 g/mol. The molecule has 0 radical (unpaired) electrons. The zero-order valence-electron chi connectivity index (χ0n) is 4.78. The van der Waals surface area contributed by atoms with Crippen LogP contribution < -0.4 is 0 Å². The van der Waals surface area contributed by atoms with Crippen LogP contribution >= 0.6 is 20.4 Å². The molecule has 6 N–H and O–H groups in total. The zero-order chi connectivity index (χ0) is 7.86. The first-order chi connectivity index (χ1) is 4.06. The fraction of sp³-hybridized carbons (Fsp3) is 0. The predicted octanol–water partition coefficient (Wildman–Crippen LogP) is -1.12. The molecule has 0 aliphatic carbocycles. The van der Waals surface area contributed by atoms with Crippen LogP contribution in [0.25, 0.3) is 0 Å². The average molecular weight is 256 g/mol. The first-order valence-electron chi connectivity index (χ1n) is 1.34. The Bertz CT molecular complexity index is 94.8. The van der Waals surface area contributed by atoms with Crippen LogP contribution in [0.1, 0.15) is 0 Å². The molecule has 0 heterocycles. The number of carboxylic acid groups (broad SMARTS) is 2. The third-order valence-electron chi connectivity index (χ3n) is 0.183. The van der Waals surface area contributed by atoms with E-state index in [0.717, 1.165) is 0 Å². The summed E-state index contributed by atoms with van der Waals surface area (Å²) in [5, 5.41) is 14.8. The van der Waals surface area contributed by atoms with Gasteiger partial charge in [-0.3, -0.25) is 0 Å². The van der Waals surface area contributed by atoms with Gasteiger partial charge >= 0.3 is 45.0 Å². The molecule has 0 aromatic heterocycles. The molecule has 9 heteroatoms. The molecule has 0 spiro atoms. The van der Waals surface area contributed by atoms with Crippen molar-refractivity contribution in [3.8, 4) is 0 Å². The monoisotopic (exact) mass is 254 g/mol. The number of hydrogen-bond acceptors (Lipinski definition) is 2. The molecule has 0 saturated carbocycles. The van der Waals surface area contributed by atoms with Crippen molar-refractivity contribution in [1.82, 2.24) is 0 Å². The van der Waals surface area contributed by atoms with Gasteiger partial charge in [-0.25, -0.2) is 9.59 Å². The van der Waals surface area contributed by atoms with Crippen LogP contribution in [0.5, 0.6) is 0 Å². The van der Waals surface area contributed by atoms with Gasteiger partial charge in [0, 0.05) is 0 Å². The molecule has 0 aliphatic rings. The van der Waals surface area contributed by atoms with Gasteiger partial charge < -0.3 is 21.2 Å². The standard InChI is InChI=1S/C2H2O4.2ClH.Ni.2H2O/c3-1(4)2(5)6;;;;;/h(H,3,4)(H,5,6);2*1H;;2*1H2/q;;;+2;;/p-2. The maximum atomic E-state index is 9.10. The van der Waals surface area contributed by atoms with Crippen molar-refractivity contribution >= 4 is 32.3 Å². The van der Waals surface area contributed by atoms with Gasteiger partial charge in [-0.05, 0) is 0 Å². The summed E-state index contributed by atoms with van der Waals surface area (Å²) < 4.78 is 0. The Morgan fingerprint density at radius 1 is 1.00 bits per heavy atom. The second-order valence-corrected chi connectivity index (χ2v) is 2.29. The summed E-state index contributed by atoms with van der Waals surface area (Å²) >= 11 is 0.569. The Balaban J connectivity index is -0.0000000437. The van der Waals surface area contributed by atoms with E-state index in [-0.39, 0.29) is 11.0 Å². The third-order valence-corrected chi connectivity index (χ3v) is 0.183. The number of carbonyl (C=O) groups is 2. The Morgan fingerprint density at radius 2 is 1.09 bits per heavy atom. The van der Waals surface area contributed by atoms with Gasteiger partial charge in [0.15, 0.2) is 0 Å². The molecule has 11 heavy (non-hydrogen) atoms. The second kappa shape index (κ2) is 16.5. The van der Waals surface area contributed by atoms with Gasteiger partial charge in [0.25, 0.3) is 0 Å². The van der Waals surface area contributed by atoms with Crippen LogP contribution in [0, 0.1) is 0 Å². The number of aliphatic carboxylic acids is 2. The first-order valence-corrected chi connectivity index (χ1v) is 4.06. The molecule has 0 rings (SSSR count). The van der Waals surface area contributed by atoms with Crippen LogP contribution in [0.2, 0.25) is 0 Å². The molecule has 0 aromatic rings. The maximum absolute atomic E-state index is 9.10. The fourth-order valence-electron chi connectivity index (χ4n) is 0. The van der Waals surface area contributed by atoms with E-state index in [0.29, 0.717) is 12.7 Å². The molecule has 6 nitrogen and oxygen atoms in total. The zero-order valence-corrected chi connectivity index (χ0v) is 7.28. The van der Waals surface area contributed by atoms with Crippen molar-refractivity contribution in [2.24, 2.45) is 0 Å². The van der Waals surface area contributed by atoms with E-state index in [2.05, 4.69) is 0 Å². The Hall–Kier alpha value is -0.0665. The van der Waals surface area contributed by atoms with Crippen molar-refractivity contribution in [3.05, 3.63) is 0 Å². The van der Waals surface area contributed by atoms with Crippen molar-refractivity contribution in [2.75, 3.05) is 0 Å². The second-order valence-electron chi connectivity index (χ2n) is 0.655. The van der Waals surface area contributed by atoms with Crippen molar-refractivity contribution in [3.63, 3.8) is 0 Å². The van der Waals surface area contributed by atoms with Gasteiger partial charge in [0.05, 0.1) is 0 Å². The van der Waals surface area contributed by atoms with Gasteiger partial charge in [0.1, 0.15) is 0 Å². The van der Waals surface area contributed by atoms with Crippen LogP contribution in [-0.4, -0.2) is 33.1 Å². The summed E-state index contributed by atoms with van der Waals surface area (Å²) in [7, 11) is 9.40. The topological polar surface area (TPSA) is 138 Å².